The van der Waals surface area contributed by atoms with Gasteiger partial charge in [-0.3, -0.25) is 4.79 Å². The first-order valence-corrected chi connectivity index (χ1v) is 8.11. The van der Waals surface area contributed by atoms with Crippen LogP contribution in [0.1, 0.15) is 11.1 Å². The summed E-state index contributed by atoms with van der Waals surface area (Å²) in [7, 11) is 1.63. The third kappa shape index (κ3) is 6.12. The lowest BCUT2D eigenvalue weighted by atomic mass is 10.2. The zero-order valence-corrected chi connectivity index (χ0v) is 13.5. The van der Waals surface area contributed by atoms with E-state index in [-0.39, 0.29) is 11.7 Å². The van der Waals surface area contributed by atoms with Crippen molar-refractivity contribution in [2.45, 2.75) is 5.75 Å². The van der Waals surface area contributed by atoms with Gasteiger partial charge < -0.3 is 4.74 Å². The largest absolute Gasteiger partial charge is 0.497 e. The number of nitrogens with zero attached hydrogens (tertiary/aromatic N) is 1. The second kappa shape index (κ2) is 8.95. The number of hydrogen-bond donors (Lipinski definition) is 1. The number of halogens is 1. The predicted molar refractivity (Wildman–Crippen MR) is 91.3 cm³/mol. The number of carbonyl (C=O) groups is 1. The Morgan fingerprint density at radius 3 is 2.57 bits per heavy atom. The molecular formula is C17H17FN2O2S. The molecule has 0 atom stereocenters. The number of hydrogen-bond acceptors (Lipinski definition) is 4. The normalized spacial score (nSPS) is 10.7. The highest BCUT2D eigenvalue weighted by Gasteiger charge is 2.01. The molecule has 0 fully saturated rings. The first-order chi connectivity index (χ1) is 11.2. The van der Waals surface area contributed by atoms with Crippen LogP contribution in [-0.2, 0) is 10.5 Å². The number of amides is 1. The Kier molecular flexibility index (Phi) is 6.62. The monoisotopic (exact) mass is 332 g/mol. The number of rotatable bonds is 7. The van der Waals surface area contributed by atoms with Crippen molar-refractivity contribution in [1.82, 2.24) is 5.43 Å². The topological polar surface area (TPSA) is 50.7 Å². The summed E-state index contributed by atoms with van der Waals surface area (Å²) in [5.74, 6) is 1.38. The summed E-state index contributed by atoms with van der Waals surface area (Å²) >= 11 is 1.50. The van der Waals surface area contributed by atoms with Crippen molar-refractivity contribution in [3.05, 3.63) is 65.5 Å². The van der Waals surface area contributed by atoms with Crippen molar-refractivity contribution < 1.29 is 13.9 Å². The molecule has 0 bridgehead atoms. The summed E-state index contributed by atoms with van der Waals surface area (Å²) in [5.41, 5.74) is 4.29. The second-order valence-corrected chi connectivity index (χ2v) is 5.67. The molecule has 0 aliphatic heterocycles. The fraction of sp³-hybridized carbons (Fsp3) is 0.176. The van der Waals surface area contributed by atoms with Gasteiger partial charge in [-0.1, -0.05) is 24.3 Å². The van der Waals surface area contributed by atoms with Gasteiger partial charge in [0.15, 0.2) is 0 Å². The van der Waals surface area contributed by atoms with Crippen LogP contribution in [0.4, 0.5) is 4.39 Å². The summed E-state index contributed by atoms with van der Waals surface area (Å²) in [4.78, 5) is 11.7. The predicted octanol–water partition coefficient (Wildman–Crippen LogP) is 3.22. The van der Waals surface area contributed by atoms with Crippen LogP contribution in [0.2, 0.25) is 0 Å². The molecule has 6 heteroatoms. The highest BCUT2D eigenvalue weighted by atomic mass is 32.2. The van der Waals surface area contributed by atoms with Crippen LogP contribution in [0.25, 0.3) is 0 Å². The van der Waals surface area contributed by atoms with Crippen molar-refractivity contribution >= 4 is 23.9 Å². The van der Waals surface area contributed by atoms with Gasteiger partial charge in [0.1, 0.15) is 11.6 Å². The van der Waals surface area contributed by atoms with Gasteiger partial charge in [-0.2, -0.15) is 5.10 Å². The lowest BCUT2D eigenvalue weighted by Crippen LogP contribution is -2.19. The van der Waals surface area contributed by atoms with Crippen molar-refractivity contribution in [1.29, 1.82) is 0 Å². The van der Waals surface area contributed by atoms with E-state index in [2.05, 4.69) is 10.5 Å². The molecule has 0 saturated carbocycles. The van der Waals surface area contributed by atoms with E-state index >= 15 is 0 Å². The quantitative estimate of drug-likeness (QED) is 0.626. The van der Waals surface area contributed by atoms with Gasteiger partial charge in [-0.15, -0.1) is 11.8 Å². The zero-order chi connectivity index (χ0) is 16.5. The minimum absolute atomic E-state index is 0.179. The minimum atomic E-state index is -0.305. The highest BCUT2D eigenvalue weighted by Crippen LogP contribution is 2.16. The number of hydrazone groups is 1. The Balaban J connectivity index is 1.69. The van der Waals surface area contributed by atoms with E-state index in [4.69, 9.17) is 4.74 Å². The Morgan fingerprint density at radius 2 is 1.91 bits per heavy atom. The fourth-order valence-corrected chi connectivity index (χ4v) is 2.52. The highest BCUT2D eigenvalue weighted by molar-refractivity contribution is 7.99. The molecule has 2 aromatic rings. The van der Waals surface area contributed by atoms with Crippen LogP contribution in [0.5, 0.6) is 5.75 Å². The maximum absolute atomic E-state index is 12.7. The van der Waals surface area contributed by atoms with Crippen LogP contribution in [-0.4, -0.2) is 25.0 Å². The number of ether oxygens (including phenoxy) is 1. The Bertz CT molecular complexity index is 657. The van der Waals surface area contributed by atoms with Crippen LogP contribution in [0.3, 0.4) is 0 Å². The minimum Gasteiger partial charge on any atom is -0.497 e. The third-order valence-electron chi connectivity index (χ3n) is 2.93. The Hall–Kier alpha value is -2.34. The average Bonchev–Trinajstić information content (AvgIpc) is 2.57. The lowest BCUT2D eigenvalue weighted by molar-refractivity contribution is -0.118. The molecule has 1 N–H and O–H groups in total. The standard InChI is InChI=1S/C17H17FN2O2S/c1-22-16-8-4-14(5-9-16)11-23-12-17(21)20-19-10-13-2-6-15(18)7-3-13/h2-10H,11-12H2,1H3,(H,20,21)/b19-10-. The van der Waals surface area contributed by atoms with Crippen molar-refractivity contribution in [2.24, 2.45) is 5.10 Å². The van der Waals surface area contributed by atoms with Crippen molar-refractivity contribution in [3.8, 4) is 5.75 Å². The molecule has 1 amide bonds. The Labute approximate surface area is 138 Å². The molecule has 0 aliphatic carbocycles. The van der Waals surface area contributed by atoms with Crippen LogP contribution in [0, 0.1) is 5.82 Å². The van der Waals surface area contributed by atoms with Gasteiger partial charge in [-0.25, -0.2) is 9.82 Å². The molecule has 2 aromatic carbocycles. The van der Waals surface area contributed by atoms with E-state index in [0.717, 1.165) is 22.6 Å². The maximum Gasteiger partial charge on any atom is 0.250 e. The summed E-state index contributed by atoms with van der Waals surface area (Å²) in [6.07, 6.45) is 1.48. The maximum atomic E-state index is 12.7. The summed E-state index contributed by atoms with van der Waals surface area (Å²) < 4.78 is 17.8. The molecule has 0 aromatic heterocycles. The fourth-order valence-electron chi connectivity index (χ4n) is 1.74. The molecule has 23 heavy (non-hydrogen) atoms. The van der Waals surface area contributed by atoms with E-state index < -0.39 is 0 Å². The molecule has 0 saturated heterocycles. The molecule has 0 heterocycles. The van der Waals surface area contributed by atoms with E-state index in [1.165, 1.54) is 30.1 Å². The average molecular weight is 332 g/mol. The molecule has 0 radical (unpaired) electrons. The second-order valence-electron chi connectivity index (χ2n) is 4.69. The van der Waals surface area contributed by atoms with Gasteiger partial charge in [-0.05, 0) is 35.4 Å². The number of nitrogens with one attached hydrogen (secondary N) is 1. The lowest BCUT2D eigenvalue weighted by Gasteiger charge is -2.03. The zero-order valence-electron chi connectivity index (χ0n) is 12.7. The summed E-state index contributed by atoms with van der Waals surface area (Å²) in [6.45, 7) is 0. The molecule has 0 unspecified atom stereocenters. The van der Waals surface area contributed by atoms with Crippen molar-refractivity contribution in [3.63, 3.8) is 0 Å². The van der Waals surface area contributed by atoms with E-state index in [9.17, 15) is 9.18 Å². The number of methoxy groups -OCH3 is 1. The van der Waals surface area contributed by atoms with Gasteiger partial charge in [0.2, 0.25) is 5.91 Å². The first-order valence-electron chi connectivity index (χ1n) is 6.95. The van der Waals surface area contributed by atoms with Crippen molar-refractivity contribution in [2.75, 3.05) is 12.9 Å². The summed E-state index contributed by atoms with van der Waals surface area (Å²) in [5, 5.41) is 3.84. The first kappa shape index (κ1) is 17.0. The summed E-state index contributed by atoms with van der Waals surface area (Å²) in [6, 6.07) is 13.6. The van der Waals surface area contributed by atoms with Gasteiger partial charge in [0.05, 0.1) is 19.1 Å². The molecule has 0 spiro atoms. The molecule has 2 rings (SSSR count). The van der Waals surface area contributed by atoms with E-state index in [0.29, 0.717) is 5.75 Å². The molecular weight excluding hydrogens is 315 g/mol. The van der Waals surface area contributed by atoms with Gasteiger partial charge in [0, 0.05) is 5.75 Å². The van der Waals surface area contributed by atoms with Crippen LogP contribution >= 0.6 is 11.8 Å². The SMILES string of the molecule is COc1ccc(CSCC(=O)N/N=C\c2ccc(F)cc2)cc1. The molecule has 4 nitrogen and oxygen atoms in total. The molecule has 120 valence electrons. The van der Waals surface area contributed by atoms with Crippen LogP contribution in [0.15, 0.2) is 53.6 Å². The number of carbonyl (C=O) groups excluding carboxylic acids is 1. The van der Waals surface area contributed by atoms with E-state index in [1.54, 1.807) is 19.2 Å². The third-order valence-corrected chi connectivity index (χ3v) is 3.94. The number of benzene rings is 2. The molecule has 0 aliphatic rings. The van der Waals surface area contributed by atoms with Gasteiger partial charge >= 0.3 is 0 Å². The van der Waals surface area contributed by atoms with E-state index in [1.807, 2.05) is 24.3 Å². The Morgan fingerprint density at radius 1 is 1.22 bits per heavy atom. The van der Waals surface area contributed by atoms with Crippen LogP contribution < -0.4 is 10.2 Å². The smallest absolute Gasteiger partial charge is 0.250 e. The number of thioether (sulfide) groups is 1. The van der Waals surface area contributed by atoms with Gasteiger partial charge in [0.25, 0.3) is 0 Å².